The molecule has 1 unspecified atom stereocenters. The quantitative estimate of drug-likeness (QED) is 0.579. The fourth-order valence-electron chi connectivity index (χ4n) is 0.876. The van der Waals surface area contributed by atoms with E-state index in [-0.39, 0.29) is 17.1 Å². The van der Waals surface area contributed by atoms with Crippen LogP contribution in [0.1, 0.15) is 18.5 Å². The van der Waals surface area contributed by atoms with Crippen LogP contribution in [0.3, 0.4) is 0 Å². The molecule has 2 rings (SSSR count). The Hall–Kier alpha value is -0.821. The molecule has 0 saturated carbocycles. The van der Waals surface area contributed by atoms with Gasteiger partial charge in [0.25, 0.3) is 0 Å². The summed E-state index contributed by atoms with van der Waals surface area (Å²) in [5.74, 6) is 0. The summed E-state index contributed by atoms with van der Waals surface area (Å²) in [7, 11) is 4.05. The van der Waals surface area contributed by atoms with E-state index in [9.17, 15) is 0 Å². The van der Waals surface area contributed by atoms with E-state index >= 15 is 0 Å². The van der Waals surface area contributed by atoms with E-state index < -0.39 is 0 Å². The standard InChI is InChI=1S/C9H10N.C5H.Fe/c1-8(10(2)3)9-6-4-5-7-9;1-2-4-5-3-1;/h8H,1-3H3;1H;/q2*-5;. The third-order valence-electron chi connectivity index (χ3n) is 2.00. The first-order valence-corrected chi connectivity index (χ1v) is 4.60. The third-order valence-corrected chi connectivity index (χ3v) is 2.00. The van der Waals surface area contributed by atoms with Crippen LogP contribution in [0.25, 0.3) is 0 Å². The Morgan fingerprint density at radius 3 is 1.81 bits per heavy atom. The molecule has 0 aliphatic rings. The predicted octanol–water partition coefficient (Wildman–Crippen LogP) is 1.83. The van der Waals surface area contributed by atoms with E-state index in [4.69, 9.17) is 0 Å². The Morgan fingerprint density at radius 1 is 1.00 bits per heavy atom. The molecule has 0 N–H and O–H groups in total. The number of hydrogen-bond donors (Lipinski definition) is 0. The molecule has 1 atom stereocenters. The van der Waals surface area contributed by atoms with Crippen LogP contribution in [-0.2, 0) is 17.1 Å². The fraction of sp³-hybridized carbons (Fsp3) is 0.286. The molecular formula is C14H11FeN-10. The van der Waals surface area contributed by atoms with Crippen LogP contribution in [0.5, 0.6) is 0 Å². The van der Waals surface area contributed by atoms with E-state index in [0.29, 0.717) is 6.04 Å². The minimum absolute atomic E-state index is 0. The normalized spacial score (nSPS) is 11.2. The van der Waals surface area contributed by atoms with E-state index in [0.717, 1.165) is 5.56 Å². The van der Waals surface area contributed by atoms with Gasteiger partial charge in [0, 0.05) is 17.1 Å². The summed E-state index contributed by atoms with van der Waals surface area (Å²) in [5.41, 5.74) is 1.03. The van der Waals surface area contributed by atoms with E-state index in [1.54, 1.807) is 6.07 Å². The summed E-state index contributed by atoms with van der Waals surface area (Å²) in [6, 6.07) is 23.7. The molecule has 0 aliphatic heterocycles. The van der Waals surface area contributed by atoms with Crippen LogP contribution in [0.4, 0.5) is 0 Å². The third kappa shape index (κ3) is 5.31. The van der Waals surface area contributed by atoms with Gasteiger partial charge >= 0.3 is 0 Å². The monoisotopic (exact) mass is 249 g/mol. The molecule has 0 spiro atoms. The Labute approximate surface area is 109 Å². The molecule has 0 heterocycles. The van der Waals surface area contributed by atoms with Gasteiger partial charge < -0.3 is 65.1 Å². The van der Waals surface area contributed by atoms with Crippen molar-refractivity contribution in [2.24, 2.45) is 0 Å². The van der Waals surface area contributed by atoms with Gasteiger partial charge in [-0.1, -0.05) is 6.92 Å². The summed E-state index contributed by atoms with van der Waals surface area (Å²) < 4.78 is 0. The first-order valence-electron chi connectivity index (χ1n) is 4.60. The molecule has 1 nitrogen and oxygen atoms in total. The maximum absolute atomic E-state index is 2.94. The average Bonchev–Trinajstić information content (AvgIpc) is 2.92. The van der Waals surface area contributed by atoms with Gasteiger partial charge in [0.15, 0.2) is 0 Å². The molecular weight excluding hydrogens is 238 g/mol. The second-order valence-corrected chi connectivity index (χ2v) is 3.24. The van der Waals surface area contributed by atoms with Crippen LogP contribution in [0, 0.1) is 48.5 Å². The Morgan fingerprint density at radius 2 is 1.50 bits per heavy atom. The molecule has 0 aromatic heterocycles. The maximum atomic E-state index is 2.94. The van der Waals surface area contributed by atoms with Crippen LogP contribution >= 0.6 is 0 Å². The molecule has 0 saturated heterocycles. The van der Waals surface area contributed by atoms with Gasteiger partial charge in [-0.25, -0.2) is 0 Å². The summed E-state index contributed by atoms with van der Waals surface area (Å²) in [4.78, 5) is 2.10. The van der Waals surface area contributed by atoms with Crippen LogP contribution < -0.4 is 0 Å². The summed E-state index contributed by atoms with van der Waals surface area (Å²) in [6.07, 6.45) is 0. The predicted molar refractivity (Wildman–Crippen MR) is 56.9 cm³/mol. The Bertz CT molecular complexity index is 304. The zero-order valence-electron chi connectivity index (χ0n) is 9.46. The zero-order chi connectivity index (χ0) is 11.1. The van der Waals surface area contributed by atoms with Crippen molar-refractivity contribution in [2.45, 2.75) is 13.0 Å². The summed E-state index contributed by atoms with van der Waals surface area (Å²) in [6.45, 7) is 2.10. The second kappa shape index (κ2) is 8.35. The number of nitrogens with zero attached hydrogens (tertiary/aromatic N) is 1. The summed E-state index contributed by atoms with van der Waals surface area (Å²) in [5, 5.41) is 0. The van der Waals surface area contributed by atoms with Crippen molar-refractivity contribution < 1.29 is 17.1 Å². The summed E-state index contributed by atoms with van der Waals surface area (Å²) >= 11 is 0. The van der Waals surface area contributed by atoms with Gasteiger partial charge in [-0.05, 0) is 14.1 Å². The van der Waals surface area contributed by atoms with Crippen molar-refractivity contribution in [3.63, 3.8) is 0 Å². The van der Waals surface area contributed by atoms with Crippen molar-refractivity contribution in [1.29, 1.82) is 0 Å². The second-order valence-electron chi connectivity index (χ2n) is 3.24. The molecule has 0 bridgehead atoms. The molecule has 2 aromatic rings. The van der Waals surface area contributed by atoms with Crippen molar-refractivity contribution >= 4 is 0 Å². The first kappa shape index (κ1) is 15.2. The van der Waals surface area contributed by atoms with E-state index in [1.165, 1.54) is 0 Å². The topological polar surface area (TPSA) is 3.24 Å². The molecule has 16 heavy (non-hydrogen) atoms. The number of hydrogen-bond acceptors (Lipinski definition) is 1. The molecule has 2 aromatic carbocycles. The molecule has 2 heteroatoms. The van der Waals surface area contributed by atoms with Gasteiger partial charge in [0.1, 0.15) is 0 Å². The van der Waals surface area contributed by atoms with Crippen LogP contribution in [0.2, 0.25) is 0 Å². The Kier molecular flexibility index (Phi) is 7.92. The number of rotatable bonds is 2. The molecule has 0 fully saturated rings. The largest absolute Gasteiger partial charge is 0.999 e. The average molecular weight is 249 g/mol. The van der Waals surface area contributed by atoms with E-state index in [1.807, 2.05) is 14.1 Å². The Balaban J connectivity index is 0.000000318. The van der Waals surface area contributed by atoms with Gasteiger partial charge in [0.2, 0.25) is 0 Å². The minimum atomic E-state index is 0. The fourth-order valence-corrected chi connectivity index (χ4v) is 0.876. The van der Waals surface area contributed by atoms with Gasteiger partial charge in [0.05, 0.1) is 0 Å². The van der Waals surface area contributed by atoms with Crippen LogP contribution in [-0.4, -0.2) is 19.0 Å². The van der Waals surface area contributed by atoms with Crippen molar-refractivity contribution in [3.8, 4) is 0 Å². The van der Waals surface area contributed by atoms with Crippen molar-refractivity contribution in [3.05, 3.63) is 60.2 Å². The minimum Gasteiger partial charge on any atom is -0.999 e. The van der Waals surface area contributed by atoms with Gasteiger partial charge in [-0.15, -0.1) is 0 Å². The van der Waals surface area contributed by atoms with Gasteiger partial charge in [-0.3, -0.25) is 0 Å². The maximum Gasteiger partial charge on any atom is 0 e. The SMILES string of the molecule is CC([c-]1[c-][c-][c-][c-]1)N(C)C.[Fe].[c-]1[c-][c-][cH-][c-]1. The molecule has 0 aliphatic carbocycles. The zero-order valence-corrected chi connectivity index (χ0v) is 10.6. The van der Waals surface area contributed by atoms with Crippen molar-refractivity contribution in [2.75, 3.05) is 14.1 Å². The first-order chi connectivity index (χ1) is 7.22. The molecule has 0 amide bonds. The van der Waals surface area contributed by atoms with Crippen LogP contribution in [0.15, 0.2) is 6.07 Å². The van der Waals surface area contributed by atoms with Crippen molar-refractivity contribution in [1.82, 2.24) is 4.90 Å². The molecule has 90 valence electrons. The smallest absolute Gasteiger partial charge is 0 e. The van der Waals surface area contributed by atoms with Gasteiger partial charge in [-0.2, -0.15) is 6.04 Å². The van der Waals surface area contributed by atoms with E-state index in [2.05, 4.69) is 60.4 Å². The molecule has 0 radical (unpaired) electrons.